The molecule has 0 aromatic heterocycles. The van der Waals surface area contributed by atoms with Crippen molar-refractivity contribution in [3.05, 3.63) is 47.3 Å². The van der Waals surface area contributed by atoms with E-state index in [1.165, 1.54) is 24.5 Å². The highest BCUT2D eigenvalue weighted by Crippen LogP contribution is 2.21. The maximum Gasteiger partial charge on any atom is 0.225 e. The Bertz CT molecular complexity index is 686. The van der Waals surface area contributed by atoms with Gasteiger partial charge in [0.2, 0.25) is 11.8 Å². The maximum atomic E-state index is 13.7. The van der Waals surface area contributed by atoms with Crippen molar-refractivity contribution in [1.82, 2.24) is 10.2 Å². The Hall–Kier alpha value is -2.17. The van der Waals surface area contributed by atoms with E-state index in [9.17, 15) is 14.0 Å². The third kappa shape index (κ3) is 4.93. The van der Waals surface area contributed by atoms with Crippen LogP contribution >= 0.6 is 0 Å². The molecule has 1 unspecified atom stereocenters. The summed E-state index contributed by atoms with van der Waals surface area (Å²) in [6.07, 6.45) is 8.73. The lowest BCUT2D eigenvalue weighted by Gasteiger charge is -2.17. The zero-order valence-electron chi connectivity index (χ0n) is 15.2. The van der Waals surface area contributed by atoms with Crippen LogP contribution in [0, 0.1) is 11.7 Å². The van der Waals surface area contributed by atoms with Crippen LogP contribution in [0.1, 0.15) is 44.1 Å². The lowest BCUT2D eigenvalue weighted by Crippen LogP contribution is -2.34. The summed E-state index contributed by atoms with van der Waals surface area (Å²) in [5.41, 5.74) is 2.04. The molecule has 26 heavy (non-hydrogen) atoms. The predicted octanol–water partition coefficient (Wildman–Crippen LogP) is 3.22. The fourth-order valence-electron chi connectivity index (χ4n) is 3.74. The standard InChI is InChI=1S/C21H27FN2O2/c22-19-9-5-4-8-17(19)11-13-24-15-18(14-20(24)25)21(26)23-12-10-16-6-2-1-3-7-16/h4-6,8-9,18H,1-3,7,10-15H2,(H,23,26). The van der Waals surface area contributed by atoms with E-state index in [-0.39, 0.29) is 30.0 Å². The van der Waals surface area contributed by atoms with E-state index in [4.69, 9.17) is 0 Å². The number of allylic oxidation sites excluding steroid dienone is 1. The third-order valence-corrected chi connectivity index (χ3v) is 5.32. The summed E-state index contributed by atoms with van der Waals surface area (Å²) >= 11 is 0. The van der Waals surface area contributed by atoms with Crippen molar-refractivity contribution in [2.75, 3.05) is 19.6 Å². The summed E-state index contributed by atoms with van der Waals surface area (Å²) in [6, 6.07) is 6.62. The summed E-state index contributed by atoms with van der Waals surface area (Å²) in [4.78, 5) is 26.2. The van der Waals surface area contributed by atoms with E-state index in [1.54, 1.807) is 23.1 Å². The molecular weight excluding hydrogens is 331 g/mol. The third-order valence-electron chi connectivity index (χ3n) is 5.32. The Morgan fingerprint density at radius 3 is 2.85 bits per heavy atom. The smallest absolute Gasteiger partial charge is 0.225 e. The molecule has 0 spiro atoms. The molecule has 0 radical (unpaired) electrons. The van der Waals surface area contributed by atoms with Gasteiger partial charge in [0.15, 0.2) is 0 Å². The molecule has 1 aromatic carbocycles. The lowest BCUT2D eigenvalue weighted by molar-refractivity contribution is -0.129. The van der Waals surface area contributed by atoms with Crippen LogP contribution in [0.25, 0.3) is 0 Å². The molecule has 1 N–H and O–H groups in total. The van der Waals surface area contributed by atoms with Crippen molar-refractivity contribution in [2.45, 2.75) is 44.9 Å². The fourth-order valence-corrected chi connectivity index (χ4v) is 3.74. The van der Waals surface area contributed by atoms with Crippen molar-refractivity contribution in [1.29, 1.82) is 0 Å². The zero-order valence-corrected chi connectivity index (χ0v) is 15.2. The van der Waals surface area contributed by atoms with Gasteiger partial charge in [0.25, 0.3) is 0 Å². The topological polar surface area (TPSA) is 49.4 Å². The second-order valence-corrected chi connectivity index (χ2v) is 7.23. The van der Waals surface area contributed by atoms with E-state index in [0.29, 0.717) is 31.6 Å². The number of halogens is 1. The molecule has 1 heterocycles. The van der Waals surface area contributed by atoms with E-state index >= 15 is 0 Å². The van der Waals surface area contributed by atoms with E-state index in [1.807, 2.05) is 0 Å². The largest absolute Gasteiger partial charge is 0.355 e. The molecule has 1 fully saturated rings. The number of likely N-dealkylation sites (tertiary alicyclic amines) is 1. The lowest BCUT2D eigenvalue weighted by atomic mass is 9.97. The minimum atomic E-state index is -0.288. The number of hydrogen-bond acceptors (Lipinski definition) is 2. The van der Waals surface area contributed by atoms with Crippen LogP contribution in [-0.2, 0) is 16.0 Å². The van der Waals surface area contributed by atoms with Gasteiger partial charge in [-0.2, -0.15) is 0 Å². The molecular formula is C21H27FN2O2. The Kier molecular flexibility index (Phi) is 6.42. The van der Waals surface area contributed by atoms with Crippen molar-refractivity contribution in [3.63, 3.8) is 0 Å². The Labute approximate surface area is 154 Å². The maximum absolute atomic E-state index is 13.7. The van der Waals surface area contributed by atoms with E-state index in [2.05, 4.69) is 11.4 Å². The van der Waals surface area contributed by atoms with Crippen LogP contribution < -0.4 is 5.32 Å². The first kappa shape index (κ1) is 18.6. The predicted molar refractivity (Wildman–Crippen MR) is 99.0 cm³/mol. The van der Waals surface area contributed by atoms with Gasteiger partial charge in [-0.3, -0.25) is 9.59 Å². The van der Waals surface area contributed by atoms with E-state index in [0.717, 1.165) is 19.3 Å². The molecule has 2 aliphatic rings. The fraction of sp³-hybridized carbons (Fsp3) is 0.524. The van der Waals surface area contributed by atoms with E-state index < -0.39 is 0 Å². The number of rotatable bonds is 7. The number of carbonyl (C=O) groups is 2. The highest BCUT2D eigenvalue weighted by molar-refractivity contribution is 5.89. The molecule has 3 rings (SSSR count). The van der Waals surface area contributed by atoms with Gasteiger partial charge < -0.3 is 10.2 Å². The van der Waals surface area contributed by atoms with Crippen LogP contribution in [0.15, 0.2) is 35.9 Å². The van der Waals surface area contributed by atoms with Gasteiger partial charge in [0.05, 0.1) is 5.92 Å². The van der Waals surface area contributed by atoms with Crippen LogP contribution in [-0.4, -0.2) is 36.3 Å². The number of nitrogens with zero attached hydrogens (tertiary/aromatic N) is 1. The molecule has 1 aliphatic carbocycles. The van der Waals surface area contributed by atoms with Crippen LogP contribution in [0.5, 0.6) is 0 Å². The monoisotopic (exact) mass is 358 g/mol. The molecule has 5 heteroatoms. The molecule has 140 valence electrons. The van der Waals surface area contributed by atoms with Gasteiger partial charge in [-0.05, 0) is 50.2 Å². The molecule has 1 aliphatic heterocycles. The number of benzene rings is 1. The van der Waals surface area contributed by atoms with Gasteiger partial charge in [0, 0.05) is 26.1 Å². The number of nitrogens with one attached hydrogen (secondary N) is 1. The summed E-state index contributed by atoms with van der Waals surface area (Å²) in [5, 5.41) is 2.98. The summed E-state index contributed by atoms with van der Waals surface area (Å²) in [5.74, 6) is -0.589. The molecule has 1 atom stereocenters. The van der Waals surface area contributed by atoms with Gasteiger partial charge in [0.1, 0.15) is 5.82 Å². The van der Waals surface area contributed by atoms with Gasteiger partial charge in [-0.1, -0.05) is 29.8 Å². The Morgan fingerprint density at radius 2 is 2.08 bits per heavy atom. The molecule has 0 bridgehead atoms. The second kappa shape index (κ2) is 8.97. The molecule has 0 saturated carbocycles. The number of carbonyl (C=O) groups excluding carboxylic acids is 2. The Balaban J connectivity index is 1.42. The summed E-state index contributed by atoms with van der Waals surface area (Å²) in [7, 11) is 0. The highest BCUT2D eigenvalue weighted by Gasteiger charge is 2.33. The SMILES string of the molecule is O=C(NCCC1=CCCCC1)C1CC(=O)N(CCc2ccccc2F)C1. The summed E-state index contributed by atoms with van der Waals surface area (Å²) in [6.45, 7) is 1.53. The van der Waals surface area contributed by atoms with Crippen molar-refractivity contribution in [3.8, 4) is 0 Å². The average Bonchev–Trinajstić information content (AvgIpc) is 3.03. The van der Waals surface area contributed by atoms with Crippen LogP contribution in [0.3, 0.4) is 0 Å². The zero-order chi connectivity index (χ0) is 18.4. The first-order valence-corrected chi connectivity index (χ1v) is 9.60. The summed E-state index contributed by atoms with van der Waals surface area (Å²) < 4.78 is 13.7. The quantitative estimate of drug-likeness (QED) is 0.761. The van der Waals surface area contributed by atoms with Gasteiger partial charge in [-0.25, -0.2) is 4.39 Å². The Morgan fingerprint density at radius 1 is 1.23 bits per heavy atom. The first-order chi connectivity index (χ1) is 12.6. The highest BCUT2D eigenvalue weighted by atomic mass is 19.1. The van der Waals surface area contributed by atoms with Crippen molar-refractivity contribution >= 4 is 11.8 Å². The molecule has 2 amide bonds. The first-order valence-electron chi connectivity index (χ1n) is 9.60. The van der Waals surface area contributed by atoms with Crippen molar-refractivity contribution < 1.29 is 14.0 Å². The minimum Gasteiger partial charge on any atom is -0.355 e. The van der Waals surface area contributed by atoms with Gasteiger partial charge in [-0.15, -0.1) is 0 Å². The molecule has 1 saturated heterocycles. The average molecular weight is 358 g/mol. The van der Waals surface area contributed by atoms with Crippen LogP contribution in [0.2, 0.25) is 0 Å². The van der Waals surface area contributed by atoms with Crippen molar-refractivity contribution in [2.24, 2.45) is 5.92 Å². The normalized spacial score (nSPS) is 20.2. The van der Waals surface area contributed by atoms with Gasteiger partial charge >= 0.3 is 0 Å². The number of amides is 2. The molecule has 1 aromatic rings. The molecule has 4 nitrogen and oxygen atoms in total. The van der Waals surface area contributed by atoms with Crippen LogP contribution in [0.4, 0.5) is 4.39 Å². The second-order valence-electron chi connectivity index (χ2n) is 7.23. The number of hydrogen-bond donors (Lipinski definition) is 1. The minimum absolute atomic E-state index is 0.0171.